The van der Waals surface area contributed by atoms with E-state index in [1.807, 2.05) is 11.8 Å². The van der Waals surface area contributed by atoms with Crippen molar-refractivity contribution in [2.24, 2.45) is 0 Å². The number of carbonyl (C=O) groups excluding carboxylic acids is 1. The Labute approximate surface area is 155 Å². The summed E-state index contributed by atoms with van der Waals surface area (Å²) in [7, 11) is 0. The van der Waals surface area contributed by atoms with Crippen molar-refractivity contribution in [3.05, 3.63) is 35.4 Å². The van der Waals surface area contributed by atoms with Gasteiger partial charge in [0.1, 0.15) is 0 Å². The van der Waals surface area contributed by atoms with Gasteiger partial charge >= 0.3 is 12.0 Å². The van der Waals surface area contributed by atoms with Crippen LogP contribution in [0.2, 0.25) is 0 Å². The van der Waals surface area contributed by atoms with Crippen LogP contribution in [0.3, 0.4) is 0 Å². The number of nitrogens with one attached hydrogen (secondary N) is 2. The zero-order chi connectivity index (χ0) is 18.5. The highest BCUT2D eigenvalue weighted by Crippen LogP contribution is 2.36. The van der Waals surface area contributed by atoms with Crippen molar-refractivity contribution in [2.75, 3.05) is 13.1 Å². The van der Waals surface area contributed by atoms with E-state index >= 15 is 0 Å². The number of rotatable bonds is 8. The fourth-order valence-electron chi connectivity index (χ4n) is 3.74. The van der Waals surface area contributed by atoms with Crippen LogP contribution in [0.4, 0.5) is 4.79 Å². The Morgan fingerprint density at radius 3 is 2.42 bits per heavy atom. The van der Waals surface area contributed by atoms with E-state index in [9.17, 15) is 9.59 Å². The van der Waals surface area contributed by atoms with Crippen LogP contribution in [0, 0.1) is 0 Å². The molecule has 1 aromatic carbocycles. The minimum Gasteiger partial charge on any atom is -0.480 e. The number of carbonyl (C=O) groups is 2. The van der Waals surface area contributed by atoms with Gasteiger partial charge in [-0.25, -0.2) is 4.79 Å². The quantitative estimate of drug-likeness (QED) is 0.666. The third kappa shape index (κ3) is 4.75. The monoisotopic (exact) mass is 359 g/mol. The number of benzene rings is 1. The lowest BCUT2D eigenvalue weighted by molar-refractivity contribution is -0.139. The summed E-state index contributed by atoms with van der Waals surface area (Å²) < 4.78 is 0. The molecule has 2 aliphatic carbocycles. The van der Waals surface area contributed by atoms with Gasteiger partial charge < -0.3 is 15.7 Å². The lowest BCUT2D eigenvalue weighted by atomic mass is 9.80. The number of carboxylic acid groups (broad SMARTS) is 1. The molecule has 2 aliphatic rings. The van der Waals surface area contributed by atoms with Crippen molar-refractivity contribution < 1.29 is 14.7 Å². The lowest BCUT2D eigenvalue weighted by Gasteiger charge is -2.42. The van der Waals surface area contributed by atoms with Crippen molar-refractivity contribution >= 4 is 12.0 Å². The minimum atomic E-state index is -0.802. The smallest absolute Gasteiger partial charge is 0.317 e. The number of nitrogens with zero attached hydrogens (tertiary/aromatic N) is 1. The van der Waals surface area contributed by atoms with E-state index in [2.05, 4.69) is 34.9 Å². The zero-order valence-corrected chi connectivity index (χ0v) is 15.4. The second-order valence-corrected chi connectivity index (χ2v) is 7.48. The van der Waals surface area contributed by atoms with Gasteiger partial charge in [-0.15, -0.1) is 0 Å². The maximum Gasteiger partial charge on any atom is 0.317 e. The number of urea groups is 1. The molecule has 6 heteroatoms. The third-order valence-electron chi connectivity index (χ3n) is 5.72. The normalized spacial score (nSPS) is 22.4. The topological polar surface area (TPSA) is 81.7 Å². The second kappa shape index (κ2) is 8.54. The van der Waals surface area contributed by atoms with Crippen LogP contribution < -0.4 is 10.6 Å². The van der Waals surface area contributed by atoms with Gasteiger partial charge in [-0.1, -0.05) is 37.6 Å². The van der Waals surface area contributed by atoms with Crippen molar-refractivity contribution in [2.45, 2.75) is 63.6 Å². The highest BCUT2D eigenvalue weighted by molar-refractivity contribution is 5.74. The average Bonchev–Trinajstić information content (AvgIpc) is 2.53. The summed E-state index contributed by atoms with van der Waals surface area (Å²) in [5.41, 5.74) is 2.51. The molecule has 2 saturated carbocycles. The Bertz CT molecular complexity index is 622. The molecule has 1 aromatic rings. The number of hydrogen-bond acceptors (Lipinski definition) is 3. The Morgan fingerprint density at radius 1 is 1.19 bits per heavy atom. The molecule has 0 atom stereocenters. The van der Waals surface area contributed by atoms with Crippen LogP contribution in [-0.4, -0.2) is 47.2 Å². The summed E-state index contributed by atoms with van der Waals surface area (Å²) in [4.78, 5) is 24.8. The fourth-order valence-corrected chi connectivity index (χ4v) is 3.74. The summed E-state index contributed by atoms with van der Waals surface area (Å²) in [5, 5.41) is 14.8. The van der Waals surface area contributed by atoms with E-state index in [4.69, 9.17) is 5.11 Å². The van der Waals surface area contributed by atoms with Crippen LogP contribution in [0.5, 0.6) is 0 Å². The molecule has 0 bridgehead atoms. The Hall–Kier alpha value is -2.08. The average molecular weight is 359 g/mol. The van der Waals surface area contributed by atoms with Crippen molar-refractivity contribution in [1.29, 1.82) is 0 Å². The molecule has 142 valence electrons. The summed E-state index contributed by atoms with van der Waals surface area (Å²) in [5.74, 6) is -0.0694. The Balaban J connectivity index is 1.35. The fraction of sp³-hybridized carbons (Fsp3) is 0.600. The van der Waals surface area contributed by atoms with Gasteiger partial charge in [0, 0.05) is 18.6 Å². The number of amides is 2. The van der Waals surface area contributed by atoms with Crippen LogP contribution in [-0.2, 0) is 11.3 Å². The van der Waals surface area contributed by atoms with Crippen LogP contribution in [0.15, 0.2) is 24.3 Å². The largest absolute Gasteiger partial charge is 0.480 e. The minimum absolute atomic E-state index is 0.0664. The summed E-state index contributed by atoms with van der Waals surface area (Å²) in [6, 6.07) is 8.77. The first-order valence-electron chi connectivity index (χ1n) is 9.64. The van der Waals surface area contributed by atoms with E-state index in [-0.39, 0.29) is 24.7 Å². The van der Waals surface area contributed by atoms with Gasteiger partial charge in [-0.2, -0.15) is 0 Å². The Morgan fingerprint density at radius 2 is 1.88 bits per heavy atom. The molecule has 0 aromatic heterocycles. The van der Waals surface area contributed by atoms with Gasteiger partial charge in [-0.05, 0) is 49.3 Å². The predicted octanol–water partition coefficient (Wildman–Crippen LogP) is 2.69. The van der Waals surface area contributed by atoms with Gasteiger partial charge in [0.05, 0.1) is 6.54 Å². The number of hydrogen-bond donors (Lipinski definition) is 3. The van der Waals surface area contributed by atoms with Gasteiger partial charge in [-0.3, -0.25) is 9.69 Å². The standard InChI is InChI=1S/C20H29N3O3/c1-2-23(13-19(24)25)18-10-17(11-18)22-20(26)21-12-14-6-8-16(9-7-14)15-4-3-5-15/h6-9,15,17-18H,2-5,10-13H2,1H3,(H,24,25)(H2,21,22,26). The van der Waals surface area contributed by atoms with E-state index in [1.54, 1.807) is 0 Å². The number of carboxylic acids is 1. The maximum atomic E-state index is 12.0. The highest BCUT2D eigenvalue weighted by atomic mass is 16.4. The van der Waals surface area contributed by atoms with E-state index in [1.165, 1.54) is 24.8 Å². The van der Waals surface area contributed by atoms with Crippen LogP contribution in [0.25, 0.3) is 0 Å². The first-order valence-corrected chi connectivity index (χ1v) is 9.64. The highest BCUT2D eigenvalue weighted by Gasteiger charge is 2.34. The van der Waals surface area contributed by atoms with Gasteiger partial charge in [0.15, 0.2) is 0 Å². The van der Waals surface area contributed by atoms with Crippen molar-refractivity contribution in [3.63, 3.8) is 0 Å². The molecule has 0 spiro atoms. The molecule has 0 heterocycles. The first-order chi connectivity index (χ1) is 12.5. The molecule has 3 N–H and O–H groups in total. The van der Waals surface area contributed by atoms with Crippen molar-refractivity contribution in [3.8, 4) is 0 Å². The molecule has 2 amide bonds. The molecule has 2 fully saturated rings. The second-order valence-electron chi connectivity index (χ2n) is 7.48. The molecule has 0 saturated heterocycles. The third-order valence-corrected chi connectivity index (χ3v) is 5.72. The summed E-state index contributed by atoms with van der Waals surface area (Å²) in [6.07, 6.45) is 5.55. The van der Waals surface area contributed by atoms with Gasteiger partial charge in [0.25, 0.3) is 0 Å². The molecule has 0 radical (unpaired) electrons. The predicted molar refractivity (Wildman–Crippen MR) is 100 cm³/mol. The van der Waals surface area contributed by atoms with Crippen LogP contribution >= 0.6 is 0 Å². The number of aliphatic carboxylic acids is 1. The zero-order valence-electron chi connectivity index (χ0n) is 15.4. The molecule has 0 aliphatic heterocycles. The first kappa shape index (κ1) is 18.7. The van der Waals surface area contributed by atoms with E-state index < -0.39 is 5.97 Å². The molecule has 26 heavy (non-hydrogen) atoms. The summed E-state index contributed by atoms with van der Waals surface area (Å²) >= 11 is 0. The molecule has 6 nitrogen and oxygen atoms in total. The van der Waals surface area contributed by atoms with Crippen LogP contribution in [0.1, 0.15) is 56.1 Å². The lowest BCUT2D eigenvalue weighted by Crippen LogP contribution is -2.56. The molecule has 0 unspecified atom stereocenters. The summed E-state index contributed by atoms with van der Waals surface area (Å²) in [6.45, 7) is 3.27. The molecular weight excluding hydrogens is 330 g/mol. The Kier molecular flexibility index (Phi) is 6.14. The maximum absolute atomic E-state index is 12.0. The number of likely N-dealkylation sites (N-methyl/N-ethyl adjacent to an activating group) is 1. The van der Waals surface area contributed by atoms with E-state index in [0.29, 0.717) is 13.1 Å². The van der Waals surface area contributed by atoms with E-state index in [0.717, 1.165) is 24.3 Å². The van der Waals surface area contributed by atoms with Crippen molar-refractivity contribution in [1.82, 2.24) is 15.5 Å². The molecular formula is C20H29N3O3. The van der Waals surface area contributed by atoms with Gasteiger partial charge in [0.2, 0.25) is 0 Å². The molecule has 3 rings (SSSR count). The SMILES string of the molecule is CCN(CC(=O)O)C1CC(NC(=O)NCc2ccc(C3CCC3)cc2)C1.